The Morgan fingerprint density at radius 1 is 1.21 bits per heavy atom. The Labute approximate surface area is 145 Å². The van der Waals surface area contributed by atoms with Crippen LogP contribution >= 0.6 is 0 Å². The molecule has 1 saturated heterocycles. The van der Waals surface area contributed by atoms with Crippen molar-refractivity contribution in [3.05, 3.63) is 35.4 Å². The van der Waals surface area contributed by atoms with E-state index in [1.54, 1.807) is 0 Å². The minimum absolute atomic E-state index is 0.00711. The molecule has 1 aromatic rings. The molecule has 5 heteroatoms. The van der Waals surface area contributed by atoms with E-state index in [2.05, 4.69) is 12.2 Å². The summed E-state index contributed by atoms with van der Waals surface area (Å²) in [7, 11) is 0. The smallest absolute Gasteiger partial charge is 0.317 e. The fourth-order valence-electron chi connectivity index (χ4n) is 3.07. The van der Waals surface area contributed by atoms with Crippen LogP contribution < -0.4 is 5.32 Å². The maximum atomic E-state index is 12.3. The molecule has 2 amide bonds. The van der Waals surface area contributed by atoms with Crippen molar-refractivity contribution in [2.75, 3.05) is 26.3 Å². The highest BCUT2D eigenvalue weighted by Gasteiger charge is 2.33. The molecule has 2 rings (SSSR count). The first kappa shape index (κ1) is 18.7. The molecule has 134 valence electrons. The van der Waals surface area contributed by atoms with Crippen molar-refractivity contribution in [3.63, 3.8) is 0 Å². The van der Waals surface area contributed by atoms with Crippen LogP contribution in [0.1, 0.15) is 44.2 Å². The number of likely N-dealkylation sites (tertiary alicyclic amines) is 1. The second kappa shape index (κ2) is 9.04. The maximum Gasteiger partial charge on any atom is 0.317 e. The van der Waals surface area contributed by atoms with Gasteiger partial charge in [-0.25, -0.2) is 4.79 Å². The molecular formula is C19H30N2O3. The molecule has 0 aromatic heterocycles. The summed E-state index contributed by atoms with van der Waals surface area (Å²) in [6.45, 7) is 7.61. The molecule has 0 radical (unpaired) electrons. The van der Waals surface area contributed by atoms with E-state index in [4.69, 9.17) is 4.74 Å². The van der Waals surface area contributed by atoms with Crippen LogP contribution in [0.15, 0.2) is 24.3 Å². The van der Waals surface area contributed by atoms with Crippen LogP contribution in [0.5, 0.6) is 0 Å². The molecule has 0 bridgehead atoms. The SMILES string of the molecule is CCOCc1ccc(CNC(=O)N2CCC(CC)(CO)CC2)cc1. The number of nitrogens with one attached hydrogen (secondary N) is 1. The van der Waals surface area contributed by atoms with Gasteiger partial charge in [0.25, 0.3) is 0 Å². The number of carbonyl (C=O) groups excluding carboxylic acids is 1. The van der Waals surface area contributed by atoms with Gasteiger partial charge in [-0.15, -0.1) is 0 Å². The largest absolute Gasteiger partial charge is 0.396 e. The van der Waals surface area contributed by atoms with Crippen molar-refractivity contribution in [2.24, 2.45) is 5.41 Å². The predicted octanol–water partition coefficient (Wildman–Crippen LogP) is 2.92. The van der Waals surface area contributed by atoms with Gasteiger partial charge in [-0.3, -0.25) is 0 Å². The second-order valence-corrected chi connectivity index (χ2v) is 6.61. The fraction of sp³-hybridized carbons (Fsp3) is 0.632. The standard InChI is InChI=1S/C19H30N2O3/c1-3-19(15-22)9-11-21(12-10-19)18(23)20-13-16-5-7-17(8-6-16)14-24-4-2/h5-8,22H,3-4,9-15H2,1-2H3,(H,20,23). The highest BCUT2D eigenvalue weighted by atomic mass is 16.5. The molecular weight excluding hydrogens is 304 g/mol. The van der Waals surface area contributed by atoms with Crippen molar-refractivity contribution >= 4 is 6.03 Å². The van der Waals surface area contributed by atoms with Crippen LogP contribution in [-0.4, -0.2) is 42.3 Å². The van der Waals surface area contributed by atoms with E-state index in [1.165, 1.54) is 0 Å². The molecule has 1 aliphatic heterocycles. The van der Waals surface area contributed by atoms with E-state index in [1.807, 2.05) is 36.1 Å². The average molecular weight is 334 g/mol. The number of hydrogen-bond acceptors (Lipinski definition) is 3. The Morgan fingerprint density at radius 2 is 1.83 bits per heavy atom. The molecule has 5 nitrogen and oxygen atoms in total. The van der Waals surface area contributed by atoms with Gasteiger partial charge in [0.05, 0.1) is 6.61 Å². The summed E-state index contributed by atoms with van der Waals surface area (Å²) < 4.78 is 5.38. The van der Waals surface area contributed by atoms with E-state index in [0.29, 0.717) is 32.8 Å². The summed E-state index contributed by atoms with van der Waals surface area (Å²) >= 11 is 0. The molecule has 0 unspecified atom stereocenters. The first-order valence-electron chi connectivity index (χ1n) is 8.91. The van der Waals surface area contributed by atoms with E-state index in [0.717, 1.165) is 30.4 Å². The lowest BCUT2D eigenvalue weighted by atomic mass is 9.77. The predicted molar refractivity (Wildman–Crippen MR) is 94.6 cm³/mol. The number of ether oxygens (including phenoxy) is 1. The lowest BCUT2D eigenvalue weighted by molar-refractivity contribution is 0.0519. The minimum Gasteiger partial charge on any atom is -0.396 e. The van der Waals surface area contributed by atoms with Gasteiger partial charge >= 0.3 is 6.03 Å². The number of hydrogen-bond donors (Lipinski definition) is 2. The first-order chi connectivity index (χ1) is 11.6. The Hall–Kier alpha value is -1.59. The van der Waals surface area contributed by atoms with Crippen LogP contribution in [0.25, 0.3) is 0 Å². The fourth-order valence-corrected chi connectivity index (χ4v) is 3.07. The first-order valence-corrected chi connectivity index (χ1v) is 8.91. The number of benzene rings is 1. The number of aliphatic hydroxyl groups excluding tert-OH is 1. The van der Waals surface area contributed by atoms with Gasteiger partial charge in [-0.2, -0.15) is 0 Å². The maximum absolute atomic E-state index is 12.3. The number of urea groups is 1. The summed E-state index contributed by atoms with van der Waals surface area (Å²) in [5.74, 6) is 0. The van der Waals surface area contributed by atoms with Gasteiger partial charge in [0.15, 0.2) is 0 Å². The van der Waals surface area contributed by atoms with Gasteiger partial charge in [-0.1, -0.05) is 31.2 Å². The van der Waals surface area contributed by atoms with Gasteiger partial charge in [0.2, 0.25) is 0 Å². The molecule has 1 fully saturated rings. The van der Waals surface area contributed by atoms with Gasteiger partial charge in [0, 0.05) is 32.8 Å². The Balaban J connectivity index is 1.77. The lowest BCUT2D eigenvalue weighted by Crippen LogP contribution is -2.48. The number of aliphatic hydroxyl groups is 1. The molecule has 1 heterocycles. The van der Waals surface area contributed by atoms with E-state index in [-0.39, 0.29) is 18.1 Å². The zero-order valence-electron chi connectivity index (χ0n) is 14.9. The van der Waals surface area contributed by atoms with Crippen molar-refractivity contribution in [2.45, 2.75) is 46.3 Å². The highest BCUT2D eigenvalue weighted by molar-refractivity contribution is 5.74. The number of piperidine rings is 1. The number of nitrogens with zero attached hydrogens (tertiary/aromatic N) is 1. The third-order valence-corrected chi connectivity index (χ3v) is 5.14. The molecule has 1 aromatic carbocycles. The molecule has 0 aliphatic carbocycles. The number of carbonyl (C=O) groups is 1. The molecule has 24 heavy (non-hydrogen) atoms. The topological polar surface area (TPSA) is 61.8 Å². The van der Waals surface area contributed by atoms with Gasteiger partial charge in [-0.05, 0) is 42.7 Å². The minimum atomic E-state index is -0.0176. The van der Waals surface area contributed by atoms with Crippen LogP contribution in [-0.2, 0) is 17.9 Å². The summed E-state index contributed by atoms with van der Waals surface area (Å²) in [5, 5.41) is 12.6. The van der Waals surface area contributed by atoms with Crippen LogP contribution in [0.4, 0.5) is 4.79 Å². The summed E-state index contributed by atoms with van der Waals surface area (Å²) in [6.07, 6.45) is 2.71. The van der Waals surface area contributed by atoms with E-state index in [9.17, 15) is 9.90 Å². The van der Waals surface area contributed by atoms with Crippen molar-refractivity contribution in [3.8, 4) is 0 Å². The van der Waals surface area contributed by atoms with Crippen molar-refractivity contribution < 1.29 is 14.6 Å². The van der Waals surface area contributed by atoms with Crippen LogP contribution in [0, 0.1) is 5.41 Å². The molecule has 0 saturated carbocycles. The average Bonchev–Trinajstić information content (AvgIpc) is 2.65. The third kappa shape index (κ3) is 4.95. The monoisotopic (exact) mass is 334 g/mol. The van der Waals surface area contributed by atoms with Crippen LogP contribution in [0.2, 0.25) is 0 Å². The van der Waals surface area contributed by atoms with Crippen molar-refractivity contribution in [1.82, 2.24) is 10.2 Å². The van der Waals surface area contributed by atoms with E-state index >= 15 is 0 Å². The van der Waals surface area contributed by atoms with Gasteiger partial charge in [0.1, 0.15) is 0 Å². The molecule has 0 atom stereocenters. The Bertz CT molecular complexity index is 502. The number of amides is 2. The summed E-state index contributed by atoms with van der Waals surface area (Å²) in [6, 6.07) is 8.11. The summed E-state index contributed by atoms with van der Waals surface area (Å²) in [4.78, 5) is 14.2. The Morgan fingerprint density at radius 3 is 2.38 bits per heavy atom. The lowest BCUT2D eigenvalue weighted by Gasteiger charge is -2.40. The third-order valence-electron chi connectivity index (χ3n) is 5.14. The molecule has 1 aliphatic rings. The van der Waals surface area contributed by atoms with E-state index < -0.39 is 0 Å². The zero-order valence-corrected chi connectivity index (χ0v) is 14.9. The molecule has 0 spiro atoms. The Kier molecular flexibility index (Phi) is 7.06. The highest BCUT2D eigenvalue weighted by Crippen LogP contribution is 2.34. The second-order valence-electron chi connectivity index (χ2n) is 6.61. The quantitative estimate of drug-likeness (QED) is 0.806. The zero-order chi connectivity index (χ0) is 17.4. The van der Waals surface area contributed by atoms with Gasteiger partial charge < -0.3 is 20.1 Å². The van der Waals surface area contributed by atoms with Crippen molar-refractivity contribution in [1.29, 1.82) is 0 Å². The number of rotatable bonds is 7. The molecule has 2 N–H and O–H groups in total. The normalized spacial score (nSPS) is 16.9. The van der Waals surface area contributed by atoms with Crippen LogP contribution in [0.3, 0.4) is 0 Å². The summed E-state index contributed by atoms with van der Waals surface area (Å²) in [5.41, 5.74) is 2.23.